The van der Waals surface area contributed by atoms with Crippen LogP contribution in [0.3, 0.4) is 0 Å². The summed E-state index contributed by atoms with van der Waals surface area (Å²) in [6.07, 6.45) is 4.86. The van der Waals surface area contributed by atoms with Gasteiger partial charge in [-0.05, 0) is 37.5 Å². The second-order valence-electron chi connectivity index (χ2n) is 5.26. The van der Waals surface area contributed by atoms with Crippen molar-refractivity contribution in [3.05, 3.63) is 0 Å². The van der Waals surface area contributed by atoms with Crippen LogP contribution in [0.5, 0.6) is 0 Å². The van der Waals surface area contributed by atoms with Gasteiger partial charge in [-0.1, -0.05) is 6.92 Å². The average Bonchev–Trinajstić information content (AvgIpc) is 3.00. The lowest BCUT2D eigenvalue weighted by Crippen LogP contribution is -2.34. The number of amides is 1. The molecule has 1 saturated heterocycles. The Morgan fingerprint density at radius 3 is 2.79 bits per heavy atom. The summed E-state index contributed by atoms with van der Waals surface area (Å²) >= 11 is 0. The van der Waals surface area contributed by atoms with E-state index in [2.05, 4.69) is 12.2 Å². The second-order valence-corrected chi connectivity index (χ2v) is 5.26. The Bertz CT molecular complexity index is 268. The van der Waals surface area contributed by atoms with Crippen LogP contribution in [0.15, 0.2) is 0 Å². The van der Waals surface area contributed by atoms with E-state index in [-0.39, 0.29) is 5.54 Å². The predicted molar refractivity (Wildman–Crippen MR) is 53.6 cm³/mol. The van der Waals surface area contributed by atoms with Gasteiger partial charge in [-0.15, -0.1) is 0 Å². The summed E-state index contributed by atoms with van der Waals surface area (Å²) in [7, 11) is 0. The van der Waals surface area contributed by atoms with Gasteiger partial charge in [-0.3, -0.25) is 10.1 Å². The molecule has 3 heteroatoms. The van der Waals surface area contributed by atoms with Crippen molar-refractivity contribution in [1.82, 2.24) is 10.2 Å². The lowest BCUT2D eigenvalue weighted by Gasteiger charge is -2.20. The molecule has 1 amide bonds. The third-order valence-corrected chi connectivity index (χ3v) is 3.99. The Morgan fingerprint density at radius 1 is 1.57 bits per heavy atom. The number of carbonyl (C=O) groups is 1. The lowest BCUT2D eigenvalue weighted by molar-refractivity contribution is -0.130. The molecule has 3 nitrogen and oxygen atoms in total. The zero-order valence-electron chi connectivity index (χ0n) is 8.75. The van der Waals surface area contributed by atoms with Crippen LogP contribution in [-0.4, -0.2) is 29.6 Å². The van der Waals surface area contributed by atoms with Gasteiger partial charge in [0.2, 0.25) is 5.91 Å². The summed E-state index contributed by atoms with van der Waals surface area (Å²) < 4.78 is 0. The van der Waals surface area contributed by atoms with Crippen LogP contribution < -0.4 is 5.32 Å². The smallest absolute Gasteiger partial charge is 0.243 e. The van der Waals surface area contributed by atoms with E-state index in [0.717, 1.165) is 32.0 Å². The maximum absolute atomic E-state index is 11.9. The first-order valence-corrected chi connectivity index (χ1v) is 5.76. The fourth-order valence-corrected chi connectivity index (χ4v) is 2.52. The number of hydrogen-bond acceptors (Lipinski definition) is 2. The zero-order chi connectivity index (χ0) is 9.76. The molecule has 78 valence electrons. The molecule has 3 rings (SSSR count). The molecule has 1 heterocycles. The molecular formula is C11H18N2O. The number of hydrogen-bond donors (Lipinski definition) is 1. The molecule has 2 aliphatic carbocycles. The minimum atomic E-state index is -0.0940. The van der Waals surface area contributed by atoms with Crippen LogP contribution in [0.2, 0.25) is 0 Å². The van der Waals surface area contributed by atoms with Crippen molar-refractivity contribution >= 4 is 5.91 Å². The molecule has 0 aromatic heterocycles. The molecule has 1 spiro atoms. The second kappa shape index (κ2) is 2.72. The van der Waals surface area contributed by atoms with E-state index in [1.54, 1.807) is 0 Å². The van der Waals surface area contributed by atoms with Crippen molar-refractivity contribution in [2.45, 2.75) is 38.1 Å². The molecule has 3 aliphatic rings. The van der Waals surface area contributed by atoms with Gasteiger partial charge in [-0.2, -0.15) is 0 Å². The van der Waals surface area contributed by atoms with Crippen molar-refractivity contribution in [3.63, 3.8) is 0 Å². The van der Waals surface area contributed by atoms with Crippen LogP contribution >= 0.6 is 0 Å². The van der Waals surface area contributed by atoms with E-state index in [9.17, 15) is 4.79 Å². The molecule has 2 saturated carbocycles. The largest absolute Gasteiger partial charge is 0.328 e. The summed E-state index contributed by atoms with van der Waals surface area (Å²) in [6, 6.07) is 0. The van der Waals surface area contributed by atoms with E-state index < -0.39 is 0 Å². The molecule has 0 aromatic carbocycles. The number of nitrogens with one attached hydrogen (secondary N) is 1. The SMILES string of the molecule is CC(CN1CNC2(CC2)C1=O)C1CC1. The first-order chi connectivity index (χ1) is 6.71. The van der Waals surface area contributed by atoms with Gasteiger partial charge < -0.3 is 4.90 Å². The normalized spacial score (nSPS) is 31.2. The maximum Gasteiger partial charge on any atom is 0.243 e. The fourth-order valence-electron chi connectivity index (χ4n) is 2.52. The molecule has 0 aromatic rings. The highest BCUT2D eigenvalue weighted by Crippen LogP contribution is 2.42. The summed E-state index contributed by atoms with van der Waals surface area (Å²) in [5.74, 6) is 1.97. The molecule has 1 unspecified atom stereocenters. The molecule has 0 radical (unpaired) electrons. The van der Waals surface area contributed by atoms with Crippen molar-refractivity contribution < 1.29 is 4.79 Å². The number of carbonyl (C=O) groups excluding carboxylic acids is 1. The molecule has 1 aliphatic heterocycles. The van der Waals surface area contributed by atoms with E-state index in [0.29, 0.717) is 11.8 Å². The summed E-state index contributed by atoms with van der Waals surface area (Å²) in [4.78, 5) is 14.0. The van der Waals surface area contributed by atoms with Crippen LogP contribution in [0.4, 0.5) is 0 Å². The highest BCUT2D eigenvalue weighted by Gasteiger charge is 2.55. The van der Waals surface area contributed by atoms with Crippen molar-refractivity contribution in [3.8, 4) is 0 Å². The number of nitrogens with zero attached hydrogens (tertiary/aromatic N) is 1. The van der Waals surface area contributed by atoms with Crippen molar-refractivity contribution in [1.29, 1.82) is 0 Å². The third kappa shape index (κ3) is 1.26. The molecule has 1 atom stereocenters. The highest BCUT2D eigenvalue weighted by molar-refractivity contribution is 5.91. The topological polar surface area (TPSA) is 32.3 Å². The van der Waals surface area contributed by atoms with Gasteiger partial charge in [0.1, 0.15) is 0 Å². The van der Waals surface area contributed by atoms with Crippen molar-refractivity contribution in [2.75, 3.05) is 13.2 Å². The Hall–Kier alpha value is -0.570. The molecule has 3 fully saturated rings. The van der Waals surface area contributed by atoms with Gasteiger partial charge in [0.05, 0.1) is 12.2 Å². The minimum absolute atomic E-state index is 0.0940. The third-order valence-electron chi connectivity index (χ3n) is 3.99. The van der Waals surface area contributed by atoms with Crippen LogP contribution in [0.1, 0.15) is 32.6 Å². The fraction of sp³-hybridized carbons (Fsp3) is 0.909. The van der Waals surface area contributed by atoms with Gasteiger partial charge in [-0.25, -0.2) is 0 Å². The van der Waals surface area contributed by atoms with E-state index in [4.69, 9.17) is 0 Å². The maximum atomic E-state index is 11.9. The number of rotatable bonds is 3. The standard InChI is InChI=1S/C11H18N2O/c1-8(9-2-3-9)6-13-7-12-11(4-5-11)10(13)14/h8-9,12H,2-7H2,1H3. The first-order valence-electron chi connectivity index (χ1n) is 5.76. The molecule has 1 N–H and O–H groups in total. The van der Waals surface area contributed by atoms with Crippen LogP contribution in [0.25, 0.3) is 0 Å². The predicted octanol–water partition coefficient (Wildman–Crippen LogP) is 0.954. The average molecular weight is 194 g/mol. The molecule has 0 bridgehead atoms. The van der Waals surface area contributed by atoms with Gasteiger partial charge >= 0.3 is 0 Å². The van der Waals surface area contributed by atoms with Gasteiger partial charge in [0.15, 0.2) is 0 Å². The zero-order valence-corrected chi connectivity index (χ0v) is 8.75. The molecular weight excluding hydrogens is 176 g/mol. The lowest BCUT2D eigenvalue weighted by atomic mass is 10.1. The Labute approximate surface area is 84.8 Å². The minimum Gasteiger partial charge on any atom is -0.328 e. The van der Waals surface area contributed by atoms with E-state index in [1.807, 2.05) is 4.90 Å². The highest BCUT2D eigenvalue weighted by atomic mass is 16.2. The van der Waals surface area contributed by atoms with Gasteiger partial charge in [0.25, 0.3) is 0 Å². The molecule has 14 heavy (non-hydrogen) atoms. The monoisotopic (exact) mass is 194 g/mol. The quantitative estimate of drug-likeness (QED) is 0.725. The Balaban J connectivity index is 1.60. The van der Waals surface area contributed by atoms with E-state index >= 15 is 0 Å². The van der Waals surface area contributed by atoms with E-state index in [1.165, 1.54) is 12.8 Å². The Kier molecular flexibility index (Phi) is 1.69. The van der Waals surface area contributed by atoms with Gasteiger partial charge in [0, 0.05) is 6.54 Å². The summed E-state index contributed by atoms with van der Waals surface area (Å²) in [6.45, 7) is 4.04. The van der Waals surface area contributed by atoms with Crippen LogP contribution in [-0.2, 0) is 4.79 Å². The van der Waals surface area contributed by atoms with Crippen molar-refractivity contribution in [2.24, 2.45) is 11.8 Å². The van der Waals surface area contributed by atoms with Crippen LogP contribution in [0, 0.1) is 11.8 Å². The first kappa shape index (κ1) is 8.72. The summed E-state index contributed by atoms with van der Waals surface area (Å²) in [5, 5.41) is 3.35. The summed E-state index contributed by atoms with van der Waals surface area (Å²) in [5.41, 5.74) is -0.0940. The Morgan fingerprint density at radius 2 is 2.29 bits per heavy atom.